The van der Waals surface area contributed by atoms with E-state index < -0.39 is 0 Å². The predicted molar refractivity (Wildman–Crippen MR) is 93.2 cm³/mol. The number of hydrogen-bond donors (Lipinski definition) is 0. The molecule has 2 aromatic carbocycles. The SMILES string of the molecule is CC1C=C(c2ccc(Oc3ccc(C#N)cc3)cc2)CC1(C)C. The van der Waals surface area contributed by atoms with E-state index in [-0.39, 0.29) is 0 Å². The molecule has 0 N–H and O–H groups in total. The Morgan fingerprint density at radius 1 is 1.00 bits per heavy atom. The zero-order chi connectivity index (χ0) is 16.4. The summed E-state index contributed by atoms with van der Waals surface area (Å²) in [6, 6.07) is 17.5. The summed E-state index contributed by atoms with van der Waals surface area (Å²) in [5, 5.41) is 8.81. The lowest BCUT2D eigenvalue weighted by Crippen LogP contribution is -2.14. The van der Waals surface area contributed by atoms with E-state index in [2.05, 4.69) is 45.0 Å². The van der Waals surface area contributed by atoms with Gasteiger partial charge in [0, 0.05) is 0 Å². The molecule has 0 fully saturated rings. The molecule has 1 aliphatic rings. The topological polar surface area (TPSA) is 33.0 Å². The van der Waals surface area contributed by atoms with Crippen LogP contribution in [0.4, 0.5) is 0 Å². The van der Waals surface area contributed by atoms with Crippen LogP contribution in [-0.4, -0.2) is 0 Å². The van der Waals surface area contributed by atoms with Gasteiger partial charge in [0.15, 0.2) is 0 Å². The summed E-state index contributed by atoms with van der Waals surface area (Å²) in [4.78, 5) is 0. The highest BCUT2D eigenvalue weighted by Gasteiger charge is 2.31. The number of rotatable bonds is 3. The minimum Gasteiger partial charge on any atom is -0.457 e. The fraction of sp³-hybridized carbons (Fsp3) is 0.286. The molecule has 2 nitrogen and oxygen atoms in total. The van der Waals surface area contributed by atoms with Gasteiger partial charge in [0.25, 0.3) is 0 Å². The van der Waals surface area contributed by atoms with Crippen molar-refractivity contribution in [1.29, 1.82) is 5.26 Å². The van der Waals surface area contributed by atoms with Crippen LogP contribution in [-0.2, 0) is 0 Å². The molecule has 0 saturated carbocycles. The van der Waals surface area contributed by atoms with E-state index in [1.807, 2.05) is 24.3 Å². The van der Waals surface area contributed by atoms with E-state index in [0.29, 0.717) is 16.9 Å². The van der Waals surface area contributed by atoms with Crippen LogP contribution in [0.5, 0.6) is 11.5 Å². The van der Waals surface area contributed by atoms with Gasteiger partial charge in [-0.15, -0.1) is 0 Å². The first-order chi connectivity index (χ1) is 11.0. The second-order valence-corrected chi connectivity index (χ2v) is 6.91. The van der Waals surface area contributed by atoms with E-state index in [1.165, 1.54) is 11.1 Å². The molecule has 3 rings (SSSR count). The highest BCUT2D eigenvalue weighted by molar-refractivity contribution is 5.69. The van der Waals surface area contributed by atoms with Crippen LogP contribution in [0.3, 0.4) is 0 Å². The van der Waals surface area contributed by atoms with Gasteiger partial charge in [0.2, 0.25) is 0 Å². The van der Waals surface area contributed by atoms with Crippen molar-refractivity contribution in [2.24, 2.45) is 11.3 Å². The summed E-state index contributed by atoms with van der Waals surface area (Å²) in [5.74, 6) is 2.16. The molecular weight excluding hydrogens is 282 g/mol. The number of benzene rings is 2. The molecule has 0 saturated heterocycles. The standard InChI is InChI=1S/C21H21NO/c1-15-12-18(13-21(15,2)3)17-6-10-20(11-7-17)23-19-8-4-16(14-22)5-9-19/h4-12,15H,13H2,1-3H3. The van der Waals surface area contributed by atoms with Crippen LogP contribution in [0.2, 0.25) is 0 Å². The van der Waals surface area contributed by atoms with Crippen LogP contribution in [0.25, 0.3) is 5.57 Å². The third-order valence-corrected chi connectivity index (χ3v) is 4.77. The van der Waals surface area contributed by atoms with Gasteiger partial charge in [-0.2, -0.15) is 5.26 Å². The monoisotopic (exact) mass is 303 g/mol. The maximum Gasteiger partial charge on any atom is 0.127 e. The second kappa shape index (κ2) is 5.93. The average molecular weight is 303 g/mol. The van der Waals surface area contributed by atoms with Crippen molar-refractivity contribution in [1.82, 2.24) is 0 Å². The van der Waals surface area contributed by atoms with Crippen molar-refractivity contribution in [2.75, 3.05) is 0 Å². The van der Waals surface area contributed by atoms with Gasteiger partial charge in [-0.3, -0.25) is 0 Å². The molecule has 116 valence electrons. The molecule has 0 aromatic heterocycles. The Bertz CT molecular complexity index is 761. The van der Waals surface area contributed by atoms with Crippen molar-refractivity contribution in [2.45, 2.75) is 27.2 Å². The first-order valence-corrected chi connectivity index (χ1v) is 7.97. The van der Waals surface area contributed by atoms with Crippen molar-refractivity contribution in [3.05, 3.63) is 65.7 Å². The third-order valence-electron chi connectivity index (χ3n) is 4.77. The number of nitrogens with zero attached hydrogens (tertiary/aromatic N) is 1. The molecule has 1 atom stereocenters. The average Bonchev–Trinajstić information content (AvgIpc) is 2.82. The van der Waals surface area contributed by atoms with E-state index in [1.54, 1.807) is 12.1 Å². The first-order valence-electron chi connectivity index (χ1n) is 7.97. The second-order valence-electron chi connectivity index (χ2n) is 6.91. The smallest absolute Gasteiger partial charge is 0.127 e. The van der Waals surface area contributed by atoms with Crippen molar-refractivity contribution >= 4 is 5.57 Å². The highest BCUT2D eigenvalue weighted by atomic mass is 16.5. The Hall–Kier alpha value is -2.53. The van der Waals surface area contributed by atoms with Crippen LogP contribution in [0.1, 0.15) is 38.3 Å². The Morgan fingerprint density at radius 3 is 2.04 bits per heavy atom. The van der Waals surface area contributed by atoms with Crippen LogP contribution in [0.15, 0.2) is 54.6 Å². The molecule has 2 heteroatoms. The van der Waals surface area contributed by atoms with E-state index in [9.17, 15) is 0 Å². The Kier molecular flexibility index (Phi) is 3.96. The maximum atomic E-state index is 8.81. The minimum absolute atomic E-state index is 0.340. The van der Waals surface area contributed by atoms with Gasteiger partial charge in [-0.1, -0.05) is 39.0 Å². The van der Waals surface area contributed by atoms with Crippen molar-refractivity contribution in [3.8, 4) is 17.6 Å². The molecular formula is C21H21NO. The molecule has 0 aliphatic heterocycles. The van der Waals surface area contributed by atoms with Gasteiger partial charge < -0.3 is 4.74 Å². The maximum absolute atomic E-state index is 8.81. The number of hydrogen-bond acceptors (Lipinski definition) is 2. The van der Waals surface area contributed by atoms with Gasteiger partial charge >= 0.3 is 0 Å². The molecule has 0 bridgehead atoms. The van der Waals surface area contributed by atoms with Gasteiger partial charge in [-0.25, -0.2) is 0 Å². The fourth-order valence-electron chi connectivity index (χ4n) is 2.91. The lowest BCUT2D eigenvalue weighted by Gasteiger charge is -2.23. The van der Waals surface area contributed by atoms with E-state index in [4.69, 9.17) is 10.00 Å². The summed E-state index contributed by atoms with van der Waals surface area (Å²) in [5.41, 5.74) is 3.67. The zero-order valence-corrected chi connectivity index (χ0v) is 13.8. The first kappa shape index (κ1) is 15.4. The van der Waals surface area contributed by atoms with Crippen LogP contribution < -0.4 is 4.74 Å². The molecule has 0 heterocycles. The molecule has 1 unspecified atom stereocenters. The highest BCUT2D eigenvalue weighted by Crippen LogP contribution is 2.45. The summed E-state index contributed by atoms with van der Waals surface area (Å²) in [6.07, 6.45) is 3.50. The van der Waals surface area contributed by atoms with Crippen LogP contribution >= 0.6 is 0 Å². The summed E-state index contributed by atoms with van der Waals surface area (Å²) >= 11 is 0. The molecule has 23 heavy (non-hydrogen) atoms. The quantitative estimate of drug-likeness (QED) is 0.718. The number of ether oxygens (including phenoxy) is 1. The van der Waals surface area contributed by atoms with Gasteiger partial charge in [-0.05, 0) is 65.3 Å². The minimum atomic E-state index is 0.340. The van der Waals surface area contributed by atoms with Gasteiger partial charge in [0.1, 0.15) is 11.5 Å². The van der Waals surface area contributed by atoms with Gasteiger partial charge in [0.05, 0.1) is 11.6 Å². The predicted octanol–water partition coefficient (Wildman–Crippen LogP) is 5.80. The molecule has 0 radical (unpaired) electrons. The number of allylic oxidation sites excluding steroid dienone is 2. The summed E-state index contributed by atoms with van der Waals surface area (Å²) in [7, 11) is 0. The Morgan fingerprint density at radius 2 is 1.57 bits per heavy atom. The molecule has 1 aliphatic carbocycles. The Labute approximate surface area is 138 Å². The zero-order valence-electron chi connectivity index (χ0n) is 13.8. The summed E-state index contributed by atoms with van der Waals surface area (Å²) < 4.78 is 5.83. The van der Waals surface area contributed by atoms with Crippen molar-refractivity contribution < 1.29 is 4.74 Å². The van der Waals surface area contributed by atoms with Crippen LogP contribution in [0, 0.1) is 22.7 Å². The normalized spacial score (nSPS) is 19.0. The molecule has 2 aromatic rings. The number of nitriles is 1. The molecule has 0 spiro atoms. The third kappa shape index (κ3) is 3.29. The largest absolute Gasteiger partial charge is 0.457 e. The van der Waals surface area contributed by atoms with Crippen molar-refractivity contribution in [3.63, 3.8) is 0 Å². The summed E-state index contributed by atoms with van der Waals surface area (Å²) in [6.45, 7) is 6.93. The lowest BCUT2D eigenvalue weighted by molar-refractivity contribution is 0.306. The van der Waals surface area contributed by atoms with E-state index >= 15 is 0 Å². The lowest BCUT2D eigenvalue weighted by atomic mass is 9.81. The fourth-order valence-corrected chi connectivity index (χ4v) is 2.91. The molecule has 0 amide bonds. The van der Waals surface area contributed by atoms with E-state index in [0.717, 1.165) is 17.9 Å². The Balaban J connectivity index is 1.72.